The summed E-state index contributed by atoms with van der Waals surface area (Å²) in [6, 6.07) is 11.1. The molecule has 0 radical (unpaired) electrons. The van der Waals surface area contributed by atoms with Crippen LogP contribution in [0.15, 0.2) is 36.4 Å². The highest BCUT2D eigenvalue weighted by Crippen LogP contribution is 2.34. The van der Waals surface area contributed by atoms with Crippen LogP contribution in [0.4, 0.5) is 16.0 Å². The molecule has 1 aromatic carbocycles. The number of hydrogen-bond acceptors (Lipinski definition) is 4. The Kier molecular flexibility index (Phi) is 5.07. The molecule has 2 N–H and O–H groups in total. The van der Waals surface area contributed by atoms with Gasteiger partial charge in [-0.25, -0.2) is 14.4 Å². The molecule has 0 unspecified atom stereocenters. The average Bonchev–Trinajstić information content (AvgIpc) is 2.62. The third-order valence-electron chi connectivity index (χ3n) is 4.65. The van der Waals surface area contributed by atoms with Crippen LogP contribution in [-0.4, -0.2) is 22.6 Å². The van der Waals surface area contributed by atoms with Crippen molar-refractivity contribution in [1.29, 1.82) is 0 Å². The van der Waals surface area contributed by atoms with E-state index >= 15 is 0 Å². The number of aromatic nitrogens is 2. The summed E-state index contributed by atoms with van der Waals surface area (Å²) in [7, 11) is 0. The van der Waals surface area contributed by atoms with E-state index in [-0.39, 0.29) is 5.82 Å². The molecule has 3 rings (SSSR count). The number of pyridine rings is 2. The Morgan fingerprint density at radius 3 is 2.42 bits per heavy atom. The summed E-state index contributed by atoms with van der Waals surface area (Å²) in [6.07, 6.45) is 0.670. The molecular formula is C21H25FN4. The second kappa shape index (κ2) is 7.28. The minimum absolute atomic E-state index is 0.295. The molecule has 0 fully saturated rings. The lowest BCUT2D eigenvalue weighted by molar-refractivity contribution is 0.632. The minimum atomic E-state index is -0.295. The minimum Gasteiger partial charge on any atom is -0.384 e. The van der Waals surface area contributed by atoms with E-state index in [1.165, 1.54) is 6.07 Å². The van der Waals surface area contributed by atoms with E-state index in [1.54, 1.807) is 12.1 Å². The van der Waals surface area contributed by atoms with E-state index in [0.717, 1.165) is 29.0 Å². The molecule has 4 nitrogen and oxygen atoms in total. The van der Waals surface area contributed by atoms with Crippen molar-refractivity contribution in [3.63, 3.8) is 0 Å². The highest BCUT2D eigenvalue weighted by atomic mass is 19.1. The summed E-state index contributed by atoms with van der Waals surface area (Å²) >= 11 is 0. The van der Waals surface area contributed by atoms with Gasteiger partial charge in [0, 0.05) is 29.1 Å². The molecule has 136 valence electrons. The van der Waals surface area contributed by atoms with Gasteiger partial charge >= 0.3 is 0 Å². The Labute approximate surface area is 153 Å². The Morgan fingerprint density at radius 2 is 1.77 bits per heavy atom. The van der Waals surface area contributed by atoms with Crippen molar-refractivity contribution in [1.82, 2.24) is 9.97 Å². The van der Waals surface area contributed by atoms with Crippen LogP contribution in [0.3, 0.4) is 0 Å². The Hall–Kier alpha value is -2.69. The summed E-state index contributed by atoms with van der Waals surface area (Å²) in [5, 5.41) is 0.906. The topological polar surface area (TPSA) is 55.0 Å². The largest absolute Gasteiger partial charge is 0.384 e. The van der Waals surface area contributed by atoms with Crippen molar-refractivity contribution >= 4 is 22.5 Å². The standard InChI is InChI=1S/C21H25FN4/c1-5-17-15(9-11-18(23)24-17)20-16(22)10-7-14-8-12-19(25-21(14)20)26(6-2)13(3)4/h7-13H,5-6H2,1-4H3,(H2,23,24). The summed E-state index contributed by atoms with van der Waals surface area (Å²) in [6.45, 7) is 9.18. The molecule has 0 spiro atoms. The molecule has 0 saturated heterocycles. The molecule has 3 aromatic rings. The van der Waals surface area contributed by atoms with Gasteiger partial charge in [0.2, 0.25) is 0 Å². The van der Waals surface area contributed by atoms with Gasteiger partial charge in [-0.3, -0.25) is 0 Å². The highest BCUT2D eigenvalue weighted by molar-refractivity contribution is 5.95. The van der Waals surface area contributed by atoms with E-state index < -0.39 is 0 Å². The molecule has 2 heterocycles. The fourth-order valence-corrected chi connectivity index (χ4v) is 3.38. The molecular weight excluding hydrogens is 327 g/mol. The number of hydrogen-bond donors (Lipinski definition) is 1. The van der Waals surface area contributed by atoms with Crippen molar-refractivity contribution in [2.45, 2.75) is 40.2 Å². The van der Waals surface area contributed by atoms with Crippen LogP contribution in [-0.2, 0) is 6.42 Å². The van der Waals surface area contributed by atoms with Gasteiger partial charge in [-0.15, -0.1) is 0 Å². The first-order valence-electron chi connectivity index (χ1n) is 9.07. The van der Waals surface area contributed by atoms with Gasteiger partial charge in [0.25, 0.3) is 0 Å². The molecule has 0 aliphatic heterocycles. The van der Waals surface area contributed by atoms with Crippen molar-refractivity contribution < 1.29 is 4.39 Å². The zero-order chi connectivity index (χ0) is 18.8. The molecule has 26 heavy (non-hydrogen) atoms. The van der Waals surface area contributed by atoms with Gasteiger partial charge in [0.15, 0.2) is 0 Å². The fraction of sp³-hybridized carbons (Fsp3) is 0.333. The van der Waals surface area contributed by atoms with Gasteiger partial charge in [0.1, 0.15) is 17.5 Å². The number of fused-ring (bicyclic) bond motifs is 1. The van der Waals surface area contributed by atoms with E-state index in [0.29, 0.717) is 29.4 Å². The smallest absolute Gasteiger partial charge is 0.133 e. The van der Waals surface area contributed by atoms with Crippen molar-refractivity contribution in [3.8, 4) is 11.1 Å². The lowest BCUT2D eigenvalue weighted by atomic mass is 9.98. The SMILES string of the molecule is CCc1nc(N)ccc1-c1c(F)ccc2ccc(N(CC)C(C)C)nc12. The Bertz CT molecular complexity index is 937. The lowest BCUT2D eigenvalue weighted by Crippen LogP contribution is -2.31. The molecule has 0 saturated carbocycles. The normalized spacial score (nSPS) is 11.3. The van der Waals surface area contributed by atoms with Crippen LogP contribution in [0, 0.1) is 5.82 Å². The van der Waals surface area contributed by atoms with Crippen molar-refractivity contribution in [2.24, 2.45) is 0 Å². The van der Waals surface area contributed by atoms with Gasteiger partial charge in [-0.05, 0) is 63.6 Å². The average molecular weight is 352 g/mol. The predicted octanol–water partition coefficient (Wildman–Crippen LogP) is 4.82. The fourth-order valence-electron chi connectivity index (χ4n) is 3.38. The maximum absolute atomic E-state index is 14.9. The monoisotopic (exact) mass is 352 g/mol. The molecule has 0 aliphatic carbocycles. The summed E-state index contributed by atoms with van der Waals surface area (Å²) in [4.78, 5) is 11.4. The third-order valence-corrected chi connectivity index (χ3v) is 4.65. The van der Waals surface area contributed by atoms with Crippen LogP contribution < -0.4 is 10.6 Å². The van der Waals surface area contributed by atoms with Crippen LogP contribution in [0.5, 0.6) is 0 Å². The quantitative estimate of drug-likeness (QED) is 0.715. The van der Waals surface area contributed by atoms with Crippen molar-refractivity contribution in [2.75, 3.05) is 17.2 Å². The van der Waals surface area contributed by atoms with Crippen LogP contribution >= 0.6 is 0 Å². The summed E-state index contributed by atoms with van der Waals surface area (Å²) in [5.74, 6) is 0.996. The van der Waals surface area contributed by atoms with Gasteiger partial charge in [0.05, 0.1) is 11.2 Å². The van der Waals surface area contributed by atoms with Crippen LogP contribution in [0.1, 0.15) is 33.4 Å². The number of nitrogens with zero attached hydrogens (tertiary/aromatic N) is 3. The van der Waals surface area contributed by atoms with E-state index in [4.69, 9.17) is 10.7 Å². The summed E-state index contributed by atoms with van der Waals surface area (Å²) in [5.41, 5.74) is 8.50. The van der Waals surface area contributed by atoms with E-state index in [1.807, 2.05) is 25.1 Å². The van der Waals surface area contributed by atoms with Gasteiger partial charge in [-0.2, -0.15) is 0 Å². The second-order valence-corrected chi connectivity index (χ2v) is 6.63. The Morgan fingerprint density at radius 1 is 1.04 bits per heavy atom. The number of nitrogens with two attached hydrogens (primary N) is 1. The lowest BCUT2D eigenvalue weighted by Gasteiger charge is -2.26. The maximum atomic E-state index is 14.9. The molecule has 5 heteroatoms. The van der Waals surface area contributed by atoms with Gasteiger partial charge in [-0.1, -0.05) is 6.92 Å². The first kappa shape index (κ1) is 18.1. The zero-order valence-corrected chi connectivity index (χ0v) is 15.8. The number of anilines is 2. The zero-order valence-electron chi connectivity index (χ0n) is 15.8. The second-order valence-electron chi connectivity index (χ2n) is 6.63. The Balaban J connectivity index is 2.29. The number of benzene rings is 1. The number of rotatable bonds is 5. The number of nitrogen functional groups attached to an aromatic ring is 1. The van der Waals surface area contributed by atoms with Crippen LogP contribution in [0.25, 0.3) is 22.0 Å². The van der Waals surface area contributed by atoms with Crippen molar-refractivity contribution in [3.05, 3.63) is 47.9 Å². The summed E-state index contributed by atoms with van der Waals surface area (Å²) < 4.78 is 14.9. The highest BCUT2D eigenvalue weighted by Gasteiger charge is 2.17. The van der Waals surface area contributed by atoms with Crippen LogP contribution in [0.2, 0.25) is 0 Å². The van der Waals surface area contributed by atoms with Gasteiger partial charge < -0.3 is 10.6 Å². The molecule has 0 amide bonds. The number of halogens is 1. The number of aryl methyl sites for hydroxylation is 1. The molecule has 0 atom stereocenters. The molecule has 0 bridgehead atoms. The van der Waals surface area contributed by atoms with E-state index in [2.05, 4.69) is 30.7 Å². The third kappa shape index (κ3) is 3.21. The van der Waals surface area contributed by atoms with E-state index in [9.17, 15) is 4.39 Å². The maximum Gasteiger partial charge on any atom is 0.133 e. The predicted molar refractivity (Wildman–Crippen MR) is 107 cm³/mol. The molecule has 0 aliphatic rings. The first-order chi connectivity index (χ1) is 12.5. The first-order valence-corrected chi connectivity index (χ1v) is 9.07. The molecule has 2 aromatic heterocycles.